The smallest absolute Gasteiger partial charge is 0.250 e. The molecule has 1 aliphatic heterocycles. The Labute approximate surface area is 187 Å². The molecule has 0 aliphatic carbocycles. The summed E-state index contributed by atoms with van der Waals surface area (Å²) < 4.78 is 41.7. The van der Waals surface area contributed by atoms with Crippen molar-refractivity contribution in [2.24, 2.45) is 5.92 Å². The fourth-order valence-corrected chi connectivity index (χ4v) is 5.86. The Morgan fingerprint density at radius 1 is 1.13 bits per heavy atom. The highest BCUT2D eigenvalue weighted by atomic mass is 32.2. The number of hydrogen-bond acceptors (Lipinski definition) is 6. The topological polar surface area (TPSA) is 81.7 Å². The van der Waals surface area contributed by atoms with Gasteiger partial charge in [0.15, 0.2) is 0 Å². The molecule has 1 aliphatic rings. The summed E-state index contributed by atoms with van der Waals surface area (Å²) in [5.41, 5.74) is 0.619. The number of halogens is 1. The third-order valence-electron chi connectivity index (χ3n) is 5.28. The predicted molar refractivity (Wildman–Crippen MR) is 121 cm³/mol. The number of benzene rings is 1. The molecule has 170 valence electrons. The number of carbonyl (C=O) groups excluding carboxylic acids is 1. The van der Waals surface area contributed by atoms with Crippen LogP contribution in [0.4, 0.5) is 10.1 Å². The second-order valence-corrected chi connectivity index (χ2v) is 10.7. The lowest BCUT2D eigenvalue weighted by molar-refractivity contribution is -0.123. The Balaban J connectivity index is 1.46. The summed E-state index contributed by atoms with van der Waals surface area (Å²) in [6, 6.07) is 9.11. The van der Waals surface area contributed by atoms with Crippen LogP contribution >= 0.6 is 11.3 Å². The average molecular weight is 469 g/mol. The van der Waals surface area contributed by atoms with Crippen molar-refractivity contribution in [3.63, 3.8) is 0 Å². The van der Waals surface area contributed by atoms with E-state index >= 15 is 0 Å². The van der Waals surface area contributed by atoms with Gasteiger partial charge >= 0.3 is 0 Å². The Morgan fingerprint density at radius 3 is 2.45 bits per heavy atom. The molecule has 1 aromatic heterocycles. The molecule has 1 saturated heterocycles. The van der Waals surface area contributed by atoms with Crippen molar-refractivity contribution in [3.05, 3.63) is 47.6 Å². The zero-order chi connectivity index (χ0) is 22.4. The first-order chi connectivity index (χ1) is 14.8. The van der Waals surface area contributed by atoms with Crippen molar-refractivity contribution in [1.82, 2.24) is 14.9 Å². The summed E-state index contributed by atoms with van der Waals surface area (Å²) in [4.78, 5) is 16.9. The van der Waals surface area contributed by atoms with E-state index in [0.29, 0.717) is 31.9 Å². The summed E-state index contributed by atoms with van der Waals surface area (Å²) in [5.74, 6) is -0.743. The van der Waals surface area contributed by atoms with Crippen LogP contribution in [0.2, 0.25) is 0 Å². The summed E-state index contributed by atoms with van der Waals surface area (Å²) in [6.07, 6.45) is 0. The molecule has 0 radical (unpaired) electrons. The van der Waals surface area contributed by atoms with Crippen molar-refractivity contribution >= 4 is 33.0 Å². The van der Waals surface area contributed by atoms with Crippen LogP contribution in [0.15, 0.2) is 46.0 Å². The molecule has 2 N–H and O–H groups in total. The van der Waals surface area contributed by atoms with Crippen molar-refractivity contribution in [2.45, 2.75) is 24.1 Å². The number of nitrogens with zero attached hydrogens (tertiary/aromatic N) is 2. The number of hydrogen-bond donors (Lipinski definition) is 2. The predicted octanol–water partition coefficient (Wildman–Crippen LogP) is 2.13. The van der Waals surface area contributed by atoms with Crippen LogP contribution in [0.1, 0.15) is 13.8 Å². The van der Waals surface area contributed by atoms with Crippen molar-refractivity contribution in [3.8, 4) is 0 Å². The Hall–Kier alpha value is -2.01. The van der Waals surface area contributed by atoms with E-state index in [-0.39, 0.29) is 21.9 Å². The van der Waals surface area contributed by atoms with Gasteiger partial charge in [-0.05, 0) is 29.5 Å². The van der Waals surface area contributed by atoms with E-state index in [2.05, 4.69) is 14.9 Å². The molecule has 0 unspecified atom stereocenters. The van der Waals surface area contributed by atoms with Gasteiger partial charge in [-0.25, -0.2) is 12.8 Å². The van der Waals surface area contributed by atoms with Crippen LogP contribution < -0.4 is 14.9 Å². The molecule has 31 heavy (non-hydrogen) atoms. The quantitative estimate of drug-likeness (QED) is 0.589. The lowest BCUT2D eigenvalue weighted by atomic mass is 10.1. The van der Waals surface area contributed by atoms with Gasteiger partial charge in [0.1, 0.15) is 16.1 Å². The molecule has 1 atom stereocenters. The minimum Gasteiger partial charge on any atom is -0.367 e. The van der Waals surface area contributed by atoms with Gasteiger partial charge in [-0.15, -0.1) is 11.3 Å². The van der Waals surface area contributed by atoms with Crippen molar-refractivity contribution in [2.75, 3.05) is 44.2 Å². The molecular weight excluding hydrogens is 439 g/mol. The SMILES string of the molecule is CC(C)[C@@H](NS(=O)(=O)c1cccs1)C(=O)NCCN1CCN(c2ccccc2F)CC1. The molecule has 3 rings (SSSR count). The first-order valence-electron chi connectivity index (χ1n) is 10.3. The van der Waals surface area contributed by atoms with E-state index in [4.69, 9.17) is 0 Å². The standard InChI is InChI=1S/C21H29FN4O3S2/c1-16(2)20(24-31(28,29)19-8-5-15-30-19)21(27)23-9-10-25-11-13-26(14-12-25)18-7-4-3-6-17(18)22/h3-8,15-16,20,24H,9-14H2,1-2H3,(H,23,27)/t20-/m1/s1. The number of rotatable bonds is 9. The maximum atomic E-state index is 14.0. The largest absolute Gasteiger partial charge is 0.367 e. The highest BCUT2D eigenvalue weighted by Gasteiger charge is 2.29. The summed E-state index contributed by atoms with van der Waals surface area (Å²) in [5, 5.41) is 4.54. The zero-order valence-corrected chi connectivity index (χ0v) is 19.4. The molecule has 1 aromatic carbocycles. The van der Waals surface area contributed by atoms with Gasteiger partial charge in [0.2, 0.25) is 5.91 Å². The Bertz CT molecular complexity index is 959. The molecule has 1 fully saturated rings. The minimum atomic E-state index is -3.73. The van der Waals surface area contributed by atoms with Crippen molar-refractivity contribution in [1.29, 1.82) is 0 Å². The van der Waals surface area contributed by atoms with Crippen molar-refractivity contribution < 1.29 is 17.6 Å². The summed E-state index contributed by atoms with van der Waals surface area (Å²) in [6.45, 7) is 7.65. The van der Waals surface area contributed by atoms with E-state index < -0.39 is 16.1 Å². The molecule has 0 saturated carbocycles. The Morgan fingerprint density at radius 2 is 1.84 bits per heavy atom. The second-order valence-electron chi connectivity index (χ2n) is 7.85. The third-order valence-corrected chi connectivity index (χ3v) is 8.12. The van der Waals surface area contributed by atoms with Gasteiger partial charge in [-0.1, -0.05) is 32.0 Å². The maximum absolute atomic E-state index is 14.0. The Kier molecular flexibility index (Phi) is 8.04. The average Bonchev–Trinajstić information content (AvgIpc) is 3.29. The van der Waals surface area contributed by atoms with Gasteiger partial charge in [-0.3, -0.25) is 9.69 Å². The normalized spacial score (nSPS) is 16.5. The summed E-state index contributed by atoms with van der Waals surface area (Å²) in [7, 11) is -3.73. The van der Waals surface area contributed by atoms with Gasteiger partial charge in [0, 0.05) is 39.3 Å². The van der Waals surface area contributed by atoms with Crippen LogP contribution in [0.3, 0.4) is 0 Å². The number of amides is 1. The van der Waals surface area contributed by atoms with Crippen LogP contribution in [0.25, 0.3) is 0 Å². The van der Waals surface area contributed by atoms with E-state index in [1.54, 1.807) is 23.6 Å². The third kappa shape index (κ3) is 6.25. The fourth-order valence-electron chi connectivity index (χ4n) is 3.50. The van der Waals surface area contributed by atoms with Crippen LogP contribution in [-0.4, -0.2) is 64.5 Å². The number of carbonyl (C=O) groups is 1. The molecule has 2 heterocycles. The van der Waals surface area contributed by atoms with Crippen LogP contribution in [-0.2, 0) is 14.8 Å². The number of para-hydroxylation sites is 1. The molecule has 1 amide bonds. The van der Waals surface area contributed by atoms with E-state index in [1.165, 1.54) is 12.1 Å². The van der Waals surface area contributed by atoms with Gasteiger partial charge < -0.3 is 10.2 Å². The summed E-state index contributed by atoms with van der Waals surface area (Å²) >= 11 is 1.12. The highest BCUT2D eigenvalue weighted by molar-refractivity contribution is 7.91. The van der Waals surface area contributed by atoms with Crippen LogP contribution in [0.5, 0.6) is 0 Å². The maximum Gasteiger partial charge on any atom is 0.250 e. The second kappa shape index (κ2) is 10.5. The highest BCUT2D eigenvalue weighted by Crippen LogP contribution is 2.20. The lowest BCUT2D eigenvalue weighted by Crippen LogP contribution is -2.52. The van der Waals surface area contributed by atoms with Gasteiger partial charge in [0.25, 0.3) is 10.0 Å². The van der Waals surface area contributed by atoms with Crippen LogP contribution in [0, 0.1) is 11.7 Å². The van der Waals surface area contributed by atoms with E-state index in [0.717, 1.165) is 24.4 Å². The molecule has 2 aromatic rings. The van der Waals surface area contributed by atoms with Gasteiger partial charge in [-0.2, -0.15) is 4.72 Å². The minimum absolute atomic E-state index is 0.193. The molecule has 7 nitrogen and oxygen atoms in total. The molecule has 0 spiro atoms. The molecule has 10 heteroatoms. The van der Waals surface area contributed by atoms with Gasteiger partial charge in [0.05, 0.1) is 5.69 Å². The number of piperazine rings is 1. The number of anilines is 1. The number of sulfonamides is 1. The monoisotopic (exact) mass is 468 g/mol. The van der Waals surface area contributed by atoms with E-state index in [9.17, 15) is 17.6 Å². The lowest BCUT2D eigenvalue weighted by Gasteiger charge is -2.36. The molecular formula is C21H29FN4O3S2. The van der Waals surface area contributed by atoms with E-state index in [1.807, 2.05) is 24.8 Å². The number of nitrogens with one attached hydrogen (secondary N) is 2. The fraction of sp³-hybridized carbons (Fsp3) is 0.476. The molecule has 0 bridgehead atoms. The first-order valence-corrected chi connectivity index (χ1v) is 12.7. The first kappa shape index (κ1) is 23.6. The zero-order valence-electron chi connectivity index (χ0n) is 17.8. The number of thiophene rings is 1.